The van der Waals surface area contributed by atoms with Gasteiger partial charge in [-0.15, -0.1) is 0 Å². The topological polar surface area (TPSA) is 92.3 Å². The minimum absolute atomic E-state index is 0.0448. The number of fused-ring (bicyclic) bond motifs is 1. The van der Waals surface area contributed by atoms with E-state index in [-0.39, 0.29) is 24.5 Å². The number of aliphatic hydroxyl groups excluding tert-OH is 1. The van der Waals surface area contributed by atoms with Crippen LogP contribution in [-0.4, -0.2) is 40.0 Å². The lowest BCUT2D eigenvalue weighted by molar-refractivity contribution is -0.144. The molecule has 0 bridgehead atoms. The van der Waals surface area contributed by atoms with E-state index in [0.717, 1.165) is 0 Å². The zero-order chi connectivity index (χ0) is 18.2. The molecular formula is C17H18F2N2O4. The van der Waals surface area contributed by atoms with Crippen LogP contribution in [0.2, 0.25) is 0 Å². The molecule has 0 saturated heterocycles. The fourth-order valence-electron chi connectivity index (χ4n) is 2.65. The highest BCUT2D eigenvalue weighted by atomic mass is 19.3. The van der Waals surface area contributed by atoms with Crippen LogP contribution in [0.5, 0.6) is 5.75 Å². The number of carbonyl (C=O) groups excluding carboxylic acids is 1. The van der Waals surface area contributed by atoms with Crippen LogP contribution < -0.4 is 10.3 Å². The molecule has 0 aliphatic heterocycles. The number of hydrogen-bond acceptors (Lipinski definition) is 5. The number of aromatic nitrogens is 2. The number of aromatic amines is 1. The first-order chi connectivity index (χ1) is 11.8. The van der Waals surface area contributed by atoms with Crippen LogP contribution in [-0.2, 0) is 11.2 Å². The van der Waals surface area contributed by atoms with Gasteiger partial charge in [0.25, 0.3) is 5.56 Å². The Hall–Kier alpha value is -2.35. The summed E-state index contributed by atoms with van der Waals surface area (Å²) in [6.45, 7) is 0. The van der Waals surface area contributed by atoms with Gasteiger partial charge in [0, 0.05) is 25.3 Å². The molecule has 1 aromatic carbocycles. The third-order valence-corrected chi connectivity index (χ3v) is 4.39. The van der Waals surface area contributed by atoms with Gasteiger partial charge in [-0.2, -0.15) is 8.78 Å². The Labute approximate surface area is 141 Å². The quantitative estimate of drug-likeness (QED) is 0.793. The van der Waals surface area contributed by atoms with Crippen LogP contribution >= 0.6 is 0 Å². The van der Waals surface area contributed by atoms with Crippen molar-refractivity contribution in [3.8, 4) is 5.75 Å². The number of halogens is 2. The number of aryl methyl sites for hydroxylation is 1. The van der Waals surface area contributed by atoms with E-state index in [1.807, 2.05) is 0 Å². The molecule has 2 atom stereocenters. The number of alkyl halides is 2. The number of ether oxygens (including phenoxy) is 1. The molecule has 0 unspecified atom stereocenters. The van der Waals surface area contributed by atoms with E-state index >= 15 is 0 Å². The number of methoxy groups -OCH3 is 1. The van der Waals surface area contributed by atoms with E-state index in [1.54, 1.807) is 18.2 Å². The zero-order valence-corrected chi connectivity index (χ0v) is 13.6. The summed E-state index contributed by atoms with van der Waals surface area (Å²) in [5.41, 5.74) is 0.281. The van der Waals surface area contributed by atoms with Gasteiger partial charge in [-0.3, -0.25) is 9.59 Å². The Kier molecular flexibility index (Phi) is 4.55. The second kappa shape index (κ2) is 6.51. The van der Waals surface area contributed by atoms with Crippen molar-refractivity contribution in [1.29, 1.82) is 0 Å². The average molecular weight is 352 g/mol. The molecule has 1 saturated carbocycles. The van der Waals surface area contributed by atoms with Gasteiger partial charge >= 0.3 is 5.92 Å². The molecule has 0 amide bonds. The predicted molar refractivity (Wildman–Crippen MR) is 85.9 cm³/mol. The summed E-state index contributed by atoms with van der Waals surface area (Å²) in [7, 11) is 1.49. The predicted octanol–water partition coefficient (Wildman–Crippen LogP) is 1.84. The van der Waals surface area contributed by atoms with Gasteiger partial charge in [0.15, 0.2) is 0 Å². The SMILES string of the molecule is COc1ccc2nc(CCC(F)(F)C(=O)C[C@@H]3C[C@H]3O)c(=O)[nH]c2c1. The fraction of sp³-hybridized carbons (Fsp3) is 0.471. The number of carbonyl (C=O) groups is 1. The van der Waals surface area contributed by atoms with Crippen molar-refractivity contribution in [1.82, 2.24) is 9.97 Å². The molecule has 6 nitrogen and oxygen atoms in total. The number of benzene rings is 1. The number of nitrogens with zero attached hydrogens (tertiary/aromatic N) is 1. The van der Waals surface area contributed by atoms with Crippen LogP contribution in [0.1, 0.15) is 25.0 Å². The standard InChI is InChI=1S/C17H18F2N2O4/c1-25-10-2-3-11-13(8-10)21-16(24)12(20-11)4-5-17(18,19)15(23)7-9-6-14(9)22/h2-3,8-9,14,22H,4-7H2,1H3,(H,21,24)/t9-,14+/m0/s1. The van der Waals surface area contributed by atoms with E-state index in [1.165, 1.54) is 7.11 Å². The maximum Gasteiger partial charge on any atom is 0.305 e. The van der Waals surface area contributed by atoms with Crippen LogP contribution in [0, 0.1) is 5.92 Å². The average Bonchev–Trinajstić information content (AvgIpc) is 3.27. The first kappa shape index (κ1) is 17.5. The van der Waals surface area contributed by atoms with Crippen molar-refractivity contribution >= 4 is 16.8 Å². The van der Waals surface area contributed by atoms with Gasteiger partial charge in [-0.25, -0.2) is 4.98 Å². The molecule has 1 aliphatic carbocycles. The Morgan fingerprint density at radius 2 is 2.20 bits per heavy atom. The van der Waals surface area contributed by atoms with E-state index in [4.69, 9.17) is 9.84 Å². The Balaban J connectivity index is 1.72. The number of hydrogen-bond donors (Lipinski definition) is 2. The summed E-state index contributed by atoms with van der Waals surface area (Å²) < 4.78 is 33.0. The van der Waals surface area contributed by atoms with Gasteiger partial charge in [-0.05, 0) is 24.5 Å². The van der Waals surface area contributed by atoms with E-state index in [9.17, 15) is 18.4 Å². The molecule has 8 heteroatoms. The Morgan fingerprint density at radius 3 is 2.84 bits per heavy atom. The third-order valence-electron chi connectivity index (χ3n) is 4.39. The van der Waals surface area contributed by atoms with Gasteiger partial charge in [0.1, 0.15) is 11.4 Å². The number of ketones is 1. The van der Waals surface area contributed by atoms with Crippen molar-refractivity contribution in [3.63, 3.8) is 0 Å². The summed E-state index contributed by atoms with van der Waals surface area (Å²) in [5.74, 6) is -4.56. The molecule has 25 heavy (non-hydrogen) atoms. The van der Waals surface area contributed by atoms with Gasteiger partial charge < -0.3 is 14.8 Å². The monoisotopic (exact) mass is 352 g/mol. The summed E-state index contributed by atoms with van der Waals surface area (Å²) >= 11 is 0. The largest absolute Gasteiger partial charge is 0.497 e. The molecule has 3 rings (SSSR count). The molecule has 134 valence electrons. The maximum atomic E-state index is 14.0. The fourth-order valence-corrected chi connectivity index (χ4v) is 2.65. The number of aliphatic hydroxyl groups is 1. The van der Waals surface area contributed by atoms with Crippen molar-refractivity contribution in [2.75, 3.05) is 7.11 Å². The van der Waals surface area contributed by atoms with Crippen LogP contribution in [0.3, 0.4) is 0 Å². The van der Waals surface area contributed by atoms with Gasteiger partial charge in [0.05, 0.1) is 24.2 Å². The maximum absolute atomic E-state index is 14.0. The molecule has 0 spiro atoms. The molecule has 1 aromatic heterocycles. The van der Waals surface area contributed by atoms with E-state index in [0.29, 0.717) is 23.2 Å². The smallest absolute Gasteiger partial charge is 0.305 e. The minimum Gasteiger partial charge on any atom is -0.497 e. The highest BCUT2D eigenvalue weighted by Crippen LogP contribution is 2.36. The highest BCUT2D eigenvalue weighted by Gasteiger charge is 2.44. The Morgan fingerprint density at radius 1 is 1.48 bits per heavy atom. The summed E-state index contributed by atoms with van der Waals surface area (Å²) in [5, 5.41) is 9.16. The lowest BCUT2D eigenvalue weighted by Crippen LogP contribution is -2.31. The lowest BCUT2D eigenvalue weighted by Gasteiger charge is -2.14. The number of Topliss-reactive ketones (excluding diaryl/α,β-unsaturated/α-hetero) is 1. The molecule has 1 aliphatic rings. The highest BCUT2D eigenvalue weighted by molar-refractivity contribution is 5.86. The third kappa shape index (κ3) is 3.84. The molecule has 2 aromatic rings. The van der Waals surface area contributed by atoms with Crippen molar-refractivity contribution in [2.24, 2.45) is 5.92 Å². The number of nitrogens with one attached hydrogen (secondary N) is 1. The second-order valence-corrected chi connectivity index (χ2v) is 6.29. The van der Waals surface area contributed by atoms with E-state index in [2.05, 4.69) is 9.97 Å². The summed E-state index contributed by atoms with van der Waals surface area (Å²) in [6, 6.07) is 4.86. The van der Waals surface area contributed by atoms with Crippen LogP contribution in [0.25, 0.3) is 11.0 Å². The van der Waals surface area contributed by atoms with Crippen molar-refractivity contribution in [2.45, 2.75) is 37.7 Å². The Bertz CT molecular complexity index is 865. The zero-order valence-electron chi connectivity index (χ0n) is 13.6. The molecule has 1 heterocycles. The van der Waals surface area contributed by atoms with Crippen molar-refractivity contribution < 1.29 is 23.4 Å². The molecule has 1 fully saturated rings. The normalized spacial score (nSPS) is 19.8. The summed E-state index contributed by atoms with van der Waals surface area (Å²) in [6.07, 6.45) is -1.70. The first-order valence-electron chi connectivity index (χ1n) is 7.96. The number of H-pyrrole nitrogens is 1. The lowest BCUT2D eigenvalue weighted by atomic mass is 10.0. The van der Waals surface area contributed by atoms with Gasteiger partial charge in [-0.1, -0.05) is 0 Å². The van der Waals surface area contributed by atoms with Crippen LogP contribution in [0.15, 0.2) is 23.0 Å². The number of rotatable bonds is 7. The van der Waals surface area contributed by atoms with Crippen molar-refractivity contribution in [3.05, 3.63) is 34.2 Å². The second-order valence-electron chi connectivity index (χ2n) is 6.29. The molecule has 2 N–H and O–H groups in total. The minimum atomic E-state index is -3.54. The van der Waals surface area contributed by atoms with Crippen LogP contribution in [0.4, 0.5) is 8.78 Å². The van der Waals surface area contributed by atoms with E-state index < -0.39 is 29.8 Å². The molecular weight excluding hydrogens is 334 g/mol. The molecule has 0 radical (unpaired) electrons. The summed E-state index contributed by atoms with van der Waals surface area (Å²) in [4.78, 5) is 30.4. The first-order valence-corrected chi connectivity index (χ1v) is 7.96. The van der Waals surface area contributed by atoms with Gasteiger partial charge in [0.2, 0.25) is 5.78 Å².